The lowest BCUT2D eigenvalue weighted by atomic mass is 10.0. The summed E-state index contributed by atoms with van der Waals surface area (Å²) in [6.07, 6.45) is 3.93. The van der Waals surface area contributed by atoms with Gasteiger partial charge in [-0.25, -0.2) is 9.67 Å². The van der Waals surface area contributed by atoms with Gasteiger partial charge in [-0.3, -0.25) is 0 Å². The van der Waals surface area contributed by atoms with E-state index >= 15 is 0 Å². The number of rotatable bonds is 2. The van der Waals surface area contributed by atoms with E-state index < -0.39 is 0 Å². The molecular formula is C18H22N4S. The average Bonchev–Trinajstić information content (AvgIpc) is 3.09. The summed E-state index contributed by atoms with van der Waals surface area (Å²) < 4.78 is 3.19. The zero-order valence-corrected chi connectivity index (χ0v) is 14.7. The summed E-state index contributed by atoms with van der Waals surface area (Å²) in [6.45, 7) is 7.59. The van der Waals surface area contributed by atoms with Crippen molar-refractivity contribution in [3.05, 3.63) is 35.7 Å². The first-order valence-corrected chi connectivity index (χ1v) is 9.14. The predicted octanol–water partition coefficient (Wildman–Crippen LogP) is 4.48. The summed E-state index contributed by atoms with van der Waals surface area (Å²) in [5.41, 5.74) is 4.55. The second kappa shape index (κ2) is 5.64. The van der Waals surface area contributed by atoms with E-state index in [0.29, 0.717) is 6.04 Å². The largest absolute Gasteiger partial charge is 0.369 e. The van der Waals surface area contributed by atoms with Crippen molar-refractivity contribution in [3.63, 3.8) is 0 Å². The highest BCUT2D eigenvalue weighted by atomic mass is 32.1. The zero-order chi connectivity index (χ0) is 16.0. The Bertz CT molecular complexity index is 848. The fourth-order valence-corrected chi connectivity index (χ4v) is 4.48. The van der Waals surface area contributed by atoms with Crippen LogP contribution in [-0.2, 0) is 0 Å². The number of fused-ring (bicyclic) bond motifs is 1. The molecule has 3 heterocycles. The molecule has 0 aliphatic carbocycles. The lowest BCUT2D eigenvalue weighted by Gasteiger charge is -2.35. The molecule has 0 spiro atoms. The Kier molecular flexibility index (Phi) is 3.60. The number of anilines is 1. The summed E-state index contributed by atoms with van der Waals surface area (Å²) in [5.74, 6) is 0. The first kappa shape index (κ1) is 14.7. The van der Waals surface area contributed by atoms with E-state index in [0.717, 1.165) is 28.6 Å². The van der Waals surface area contributed by atoms with Gasteiger partial charge in [0.1, 0.15) is 0 Å². The second-order valence-corrected chi connectivity index (χ2v) is 7.53. The Morgan fingerprint density at radius 1 is 1.17 bits per heavy atom. The summed E-state index contributed by atoms with van der Waals surface area (Å²) in [7, 11) is 0. The summed E-state index contributed by atoms with van der Waals surface area (Å²) >= 11 is 1.72. The van der Waals surface area contributed by atoms with Gasteiger partial charge in [-0.1, -0.05) is 11.3 Å². The van der Waals surface area contributed by atoms with Crippen molar-refractivity contribution in [1.29, 1.82) is 0 Å². The summed E-state index contributed by atoms with van der Waals surface area (Å²) in [4.78, 5) is 7.30. The fraction of sp³-hybridized carbons (Fsp3) is 0.444. The van der Waals surface area contributed by atoms with Gasteiger partial charge in [0.25, 0.3) is 0 Å². The van der Waals surface area contributed by atoms with E-state index in [-0.39, 0.29) is 0 Å². The van der Waals surface area contributed by atoms with Crippen molar-refractivity contribution < 1.29 is 0 Å². The number of benzene rings is 1. The van der Waals surface area contributed by atoms with Crippen LogP contribution in [0.3, 0.4) is 0 Å². The van der Waals surface area contributed by atoms with Crippen LogP contribution in [-0.4, -0.2) is 27.4 Å². The Hall–Kier alpha value is -1.88. The van der Waals surface area contributed by atoms with E-state index in [2.05, 4.69) is 48.1 Å². The molecule has 0 unspecified atom stereocenters. The lowest BCUT2D eigenvalue weighted by molar-refractivity contribution is 0.485. The normalized spacial score (nSPS) is 18.7. The zero-order valence-electron chi connectivity index (χ0n) is 13.9. The SMILES string of the molecule is Cc1cc(C)n(-c2nc3ccc(N4CCCC[C@@H]4C)cc3s2)n1. The molecular weight excluding hydrogens is 304 g/mol. The molecule has 0 bridgehead atoms. The van der Waals surface area contributed by atoms with Gasteiger partial charge in [-0.15, -0.1) is 0 Å². The Morgan fingerprint density at radius 3 is 2.78 bits per heavy atom. The number of hydrogen-bond acceptors (Lipinski definition) is 4. The van der Waals surface area contributed by atoms with Gasteiger partial charge in [0, 0.05) is 24.0 Å². The molecule has 4 nitrogen and oxygen atoms in total. The third-order valence-electron chi connectivity index (χ3n) is 4.69. The van der Waals surface area contributed by atoms with E-state index in [1.54, 1.807) is 11.3 Å². The van der Waals surface area contributed by atoms with Gasteiger partial charge < -0.3 is 4.90 Å². The van der Waals surface area contributed by atoms with Crippen LogP contribution in [0.15, 0.2) is 24.3 Å². The van der Waals surface area contributed by atoms with E-state index in [9.17, 15) is 0 Å². The minimum absolute atomic E-state index is 0.629. The van der Waals surface area contributed by atoms with Crippen molar-refractivity contribution in [2.75, 3.05) is 11.4 Å². The average molecular weight is 326 g/mol. The molecule has 5 heteroatoms. The Balaban J connectivity index is 1.73. The van der Waals surface area contributed by atoms with Crippen LogP contribution >= 0.6 is 11.3 Å². The van der Waals surface area contributed by atoms with E-state index in [4.69, 9.17) is 4.98 Å². The number of nitrogens with zero attached hydrogens (tertiary/aromatic N) is 4. The highest BCUT2D eigenvalue weighted by Crippen LogP contribution is 2.32. The molecule has 1 atom stereocenters. The number of aryl methyl sites for hydroxylation is 2. The molecule has 23 heavy (non-hydrogen) atoms. The van der Waals surface area contributed by atoms with E-state index in [1.807, 2.05) is 11.6 Å². The molecule has 3 aromatic rings. The Labute approximate surface area is 140 Å². The van der Waals surface area contributed by atoms with Crippen molar-refractivity contribution >= 4 is 27.2 Å². The maximum atomic E-state index is 4.76. The molecule has 2 aromatic heterocycles. The number of piperidine rings is 1. The second-order valence-electron chi connectivity index (χ2n) is 6.53. The smallest absolute Gasteiger partial charge is 0.211 e. The predicted molar refractivity (Wildman–Crippen MR) is 96.9 cm³/mol. The van der Waals surface area contributed by atoms with E-state index in [1.165, 1.54) is 29.6 Å². The van der Waals surface area contributed by atoms with Crippen molar-refractivity contribution in [1.82, 2.24) is 14.8 Å². The molecule has 0 radical (unpaired) electrons. The molecule has 1 aromatic carbocycles. The first-order valence-electron chi connectivity index (χ1n) is 8.33. The number of hydrogen-bond donors (Lipinski definition) is 0. The number of aromatic nitrogens is 3. The highest BCUT2D eigenvalue weighted by Gasteiger charge is 2.19. The molecule has 1 fully saturated rings. The number of thiazole rings is 1. The lowest BCUT2D eigenvalue weighted by Crippen LogP contribution is -2.37. The quantitative estimate of drug-likeness (QED) is 0.696. The van der Waals surface area contributed by atoms with Gasteiger partial charge in [-0.05, 0) is 64.3 Å². The van der Waals surface area contributed by atoms with Gasteiger partial charge in [0.2, 0.25) is 5.13 Å². The van der Waals surface area contributed by atoms with Crippen molar-refractivity contribution in [2.24, 2.45) is 0 Å². The monoisotopic (exact) mass is 326 g/mol. The third kappa shape index (κ3) is 2.63. The summed E-state index contributed by atoms with van der Waals surface area (Å²) in [5, 5.41) is 5.51. The molecule has 4 rings (SSSR count). The molecule has 1 aliphatic heterocycles. The fourth-order valence-electron chi connectivity index (χ4n) is 3.47. The molecule has 1 saturated heterocycles. The van der Waals surface area contributed by atoms with Crippen LogP contribution in [0.4, 0.5) is 5.69 Å². The maximum Gasteiger partial charge on any atom is 0.211 e. The standard InChI is InChI=1S/C18H22N4S/c1-12-10-14(3)22(20-12)18-19-16-8-7-15(11-17(16)23-18)21-9-5-4-6-13(21)2/h7-8,10-11,13H,4-6,9H2,1-3H3/t13-/m0/s1. The molecule has 0 saturated carbocycles. The van der Waals surface area contributed by atoms with Crippen LogP contribution in [0.2, 0.25) is 0 Å². The molecule has 120 valence electrons. The molecule has 0 amide bonds. The van der Waals surface area contributed by atoms with Crippen LogP contribution in [0.1, 0.15) is 37.6 Å². The first-order chi connectivity index (χ1) is 11.1. The van der Waals surface area contributed by atoms with Gasteiger partial charge in [0.05, 0.1) is 15.9 Å². The molecule has 0 N–H and O–H groups in total. The minimum atomic E-state index is 0.629. The van der Waals surface area contributed by atoms with Crippen LogP contribution in [0.25, 0.3) is 15.3 Å². The third-order valence-corrected chi connectivity index (χ3v) is 5.68. The maximum absolute atomic E-state index is 4.76. The summed E-state index contributed by atoms with van der Waals surface area (Å²) in [6, 6.07) is 9.38. The van der Waals surface area contributed by atoms with Gasteiger partial charge in [-0.2, -0.15) is 5.10 Å². The highest BCUT2D eigenvalue weighted by molar-refractivity contribution is 7.20. The van der Waals surface area contributed by atoms with Crippen LogP contribution < -0.4 is 4.90 Å². The van der Waals surface area contributed by atoms with Gasteiger partial charge in [0.15, 0.2) is 0 Å². The van der Waals surface area contributed by atoms with Crippen molar-refractivity contribution in [2.45, 2.75) is 46.1 Å². The van der Waals surface area contributed by atoms with Crippen LogP contribution in [0.5, 0.6) is 0 Å². The van der Waals surface area contributed by atoms with Crippen molar-refractivity contribution in [3.8, 4) is 5.13 Å². The molecule has 1 aliphatic rings. The van der Waals surface area contributed by atoms with Gasteiger partial charge >= 0.3 is 0 Å². The van der Waals surface area contributed by atoms with Crippen LogP contribution in [0, 0.1) is 13.8 Å². The minimum Gasteiger partial charge on any atom is -0.369 e. The Morgan fingerprint density at radius 2 is 2.04 bits per heavy atom. The topological polar surface area (TPSA) is 34.0 Å².